The fraction of sp³-hybridized carbons (Fsp3) is 0.846. The van der Waals surface area contributed by atoms with Crippen LogP contribution >= 0.6 is 0 Å². The van der Waals surface area contributed by atoms with Crippen LogP contribution in [0.4, 0.5) is 0 Å². The summed E-state index contributed by atoms with van der Waals surface area (Å²) in [6, 6.07) is 0. The highest BCUT2D eigenvalue weighted by molar-refractivity contribution is 5.79. The summed E-state index contributed by atoms with van der Waals surface area (Å²) < 4.78 is 10.7. The molecule has 2 aliphatic rings. The van der Waals surface area contributed by atoms with E-state index in [-0.39, 0.29) is 31.0 Å². The fourth-order valence-electron chi connectivity index (χ4n) is 2.54. The summed E-state index contributed by atoms with van der Waals surface area (Å²) in [6.07, 6.45) is 2.54. The molecular weight excluding hydrogens is 250 g/mol. The summed E-state index contributed by atoms with van der Waals surface area (Å²) in [7, 11) is 0. The highest BCUT2D eigenvalue weighted by Gasteiger charge is 2.30. The molecule has 0 spiro atoms. The Morgan fingerprint density at radius 2 is 2.00 bits per heavy atom. The van der Waals surface area contributed by atoms with E-state index in [1.807, 2.05) is 4.90 Å². The predicted molar refractivity (Wildman–Crippen MR) is 66.7 cm³/mol. The first kappa shape index (κ1) is 14.3. The molecule has 2 aliphatic heterocycles. The molecule has 2 rings (SSSR count). The summed E-state index contributed by atoms with van der Waals surface area (Å²) >= 11 is 0. The van der Waals surface area contributed by atoms with Gasteiger partial charge in [0, 0.05) is 19.7 Å². The molecule has 0 aromatic carbocycles. The van der Waals surface area contributed by atoms with E-state index in [0.717, 1.165) is 19.3 Å². The molecule has 0 aromatic heterocycles. The lowest BCUT2D eigenvalue weighted by atomic mass is 10.0. The van der Waals surface area contributed by atoms with Gasteiger partial charge < -0.3 is 19.5 Å². The SMILES string of the molecule is O=C(O)CCOC1CCN(C(=O)C2CCOC2)CC1. The average molecular weight is 271 g/mol. The molecule has 6 heteroatoms. The number of carbonyl (C=O) groups is 2. The van der Waals surface area contributed by atoms with Gasteiger partial charge in [-0.25, -0.2) is 0 Å². The first-order valence-electron chi connectivity index (χ1n) is 6.86. The van der Waals surface area contributed by atoms with Crippen molar-refractivity contribution in [3.63, 3.8) is 0 Å². The Morgan fingerprint density at radius 3 is 2.58 bits per heavy atom. The molecule has 1 atom stereocenters. The molecule has 2 heterocycles. The number of carboxylic acid groups (broad SMARTS) is 1. The van der Waals surface area contributed by atoms with Gasteiger partial charge in [-0.3, -0.25) is 9.59 Å². The zero-order valence-corrected chi connectivity index (χ0v) is 11.0. The Bertz CT molecular complexity index is 319. The van der Waals surface area contributed by atoms with Crippen molar-refractivity contribution < 1.29 is 24.2 Å². The van der Waals surface area contributed by atoms with E-state index < -0.39 is 5.97 Å². The third-order valence-electron chi connectivity index (χ3n) is 3.70. The molecular formula is C13H21NO5. The second-order valence-corrected chi connectivity index (χ2v) is 5.10. The van der Waals surface area contributed by atoms with Crippen LogP contribution < -0.4 is 0 Å². The zero-order chi connectivity index (χ0) is 13.7. The molecule has 19 heavy (non-hydrogen) atoms. The molecule has 0 aliphatic carbocycles. The molecule has 2 saturated heterocycles. The summed E-state index contributed by atoms with van der Waals surface area (Å²) in [5.41, 5.74) is 0. The minimum atomic E-state index is -0.839. The van der Waals surface area contributed by atoms with Gasteiger partial charge in [-0.15, -0.1) is 0 Å². The van der Waals surface area contributed by atoms with Gasteiger partial charge in [-0.1, -0.05) is 0 Å². The second kappa shape index (κ2) is 6.86. The molecule has 108 valence electrons. The predicted octanol–water partition coefficient (Wildman–Crippen LogP) is 0.505. The van der Waals surface area contributed by atoms with Gasteiger partial charge in [0.25, 0.3) is 0 Å². The van der Waals surface area contributed by atoms with Crippen LogP contribution in [0, 0.1) is 5.92 Å². The van der Waals surface area contributed by atoms with Crippen molar-refractivity contribution in [1.29, 1.82) is 0 Å². The van der Waals surface area contributed by atoms with Crippen molar-refractivity contribution in [2.24, 2.45) is 5.92 Å². The maximum Gasteiger partial charge on any atom is 0.305 e. The van der Waals surface area contributed by atoms with E-state index in [1.165, 1.54) is 0 Å². The zero-order valence-electron chi connectivity index (χ0n) is 11.0. The minimum absolute atomic E-state index is 0.0319. The lowest BCUT2D eigenvalue weighted by Crippen LogP contribution is -2.43. The summed E-state index contributed by atoms with van der Waals surface area (Å²) in [6.45, 7) is 2.89. The van der Waals surface area contributed by atoms with E-state index in [9.17, 15) is 9.59 Å². The molecule has 0 bridgehead atoms. The molecule has 2 fully saturated rings. The Balaban J connectivity index is 1.67. The van der Waals surface area contributed by atoms with Crippen LogP contribution in [-0.4, -0.2) is 60.9 Å². The minimum Gasteiger partial charge on any atom is -0.481 e. The van der Waals surface area contributed by atoms with E-state index >= 15 is 0 Å². The van der Waals surface area contributed by atoms with E-state index in [0.29, 0.717) is 26.3 Å². The van der Waals surface area contributed by atoms with Crippen molar-refractivity contribution in [3.8, 4) is 0 Å². The molecule has 1 unspecified atom stereocenters. The Labute approximate surface area is 112 Å². The van der Waals surface area contributed by atoms with Crippen LogP contribution in [0.15, 0.2) is 0 Å². The van der Waals surface area contributed by atoms with Gasteiger partial charge in [0.15, 0.2) is 0 Å². The van der Waals surface area contributed by atoms with Gasteiger partial charge in [-0.2, -0.15) is 0 Å². The lowest BCUT2D eigenvalue weighted by molar-refractivity contribution is -0.139. The van der Waals surface area contributed by atoms with E-state index in [4.69, 9.17) is 14.6 Å². The first-order chi connectivity index (χ1) is 9.16. The topological polar surface area (TPSA) is 76.1 Å². The normalized spacial score (nSPS) is 24.6. The smallest absolute Gasteiger partial charge is 0.305 e. The van der Waals surface area contributed by atoms with Gasteiger partial charge in [0.2, 0.25) is 5.91 Å². The van der Waals surface area contributed by atoms with Crippen LogP contribution in [0.3, 0.4) is 0 Å². The maximum absolute atomic E-state index is 12.1. The number of amides is 1. The van der Waals surface area contributed by atoms with Gasteiger partial charge in [-0.05, 0) is 19.3 Å². The van der Waals surface area contributed by atoms with Crippen LogP contribution in [0.2, 0.25) is 0 Å². The van der Waals surface area contributed by atoms with Gasteiger partial charge in [0.1, 0.15) is 0 Å². The largest absolute Gasteiger partial charge is 0.481 e. The number of rotatable bonds is 5. The second-order valence-electron chi connectivity index (χ2n) is 5.10. The standard InChI is InChI=1S/C13H21NO5/c15-12(16)4-8-19-11-1-5-14(6-2-11)13(17)10-3-7-18-9-10/h10-11H,1-9H2,(H,15,16). The summed E-state index contributed by atoms with van der Waals surface area (Å²) in [5.74, 6) is -0.611. The highest BCUT2D eigenvalue weighted by atomic mass is 16.5. The third-order valence-corrected chi connectivity index (χ3v) is 3.70. The Morgan fingerprint density at radius 1 is 1.26 bits per heavy atom. The van der Waals surface area contributed by atoms with Crippen molar-refractivity contribution in [2.45, 2.75) is 31.8 Å². The quantitative estimate of drug-likeness (QED) is 0.788. The molecule has 0 radical (unpaired) electrons. The number of aliphatic carboxylic acids is 1. The van der Waals surface area contributed by atoms with Crippen molar-refractivity contribution in [1.82, 2.24) is 4.90 Å². The van der Waals surface area contributed by atoms with Crippen molar-refractivity contribution in [2.75, 3.05) is 32.9 Å². The number of carboxylic acids is 1. The average Bonchev–Trinajstić information content (AvgIpc) is 2.92. The van der Waals surface area contributed by atoms with Crippen LogP contribution in [0.5, 0.6) is 0 Å². The lowest BCUT2D eigenvalue weighted by Gasteiger charge is -2.33. The Hall–Kier alpha value is -1.14. The van der Waals surface area contributed by atoms with Crippen LogP contribution in [-0.2, 0) is 19.1 Å². The first-order valence-corrected chi connectivity index (χ1v) is 6.86. The third kappa shape index (κ3) is 4.18. The number of likely N-dealkylation sites (tertiary alicyclic amines) is 1. The number of piperidine rings is 1. The summed E-state index contributed by atoms with van der Waals surface area (Å²) in [4.78, 5) is 24.4. The number of carbonyl (C=O) groups excluding carboxylic acids is 1. The number of nitrogens with zero attached hydrogens (tertiary/aromatic N) is 1. The number of hydrogen-bond acceptors (Lipinski definition) is 4. The van der Waals surface area contributed by atoms with Crippen molar-refractivity contribution >= 4 is 11.9 Å². The molecule has 0 saturated carbocycles. The highest BCUT2D eigenvalue weighted by Crippen LogP contribution is 2.20. The van der Waals surface area contributed by atoms with E-state index in [1.54, 1.807) is 0 Å². The monoisotopic (exact) mass is 271 g/mol. The van der Waals surface area contributed by atoms with Gasteiger partial charge in [0.05, 0.1) is 31.7 Å². The molecule has 0 aromatic rings. The Kier molecular flexibility index (Phi) is 5.15. The molecule has 1 N–H and O–H groups in total. The van der Waals surface area contributed by atoms with Crippen LogP contribution in [0.25, 0.3) is 0 Å². The van der Waals surface area contributed by atoms with Gasteiger partial charge >= 0.3 is 5.97 Å². The fourth-order valence-corrected chi connectivity index (χ4v) is 2.54. The van der Waals surface area contributed by atoms with Crippen LogP contribution in [0.1, 0.15) is 25.7 Å². The molecule has 6 nitrogen and oxygen atoms in total. The van der Waals surface area contributed by atoms with Crippen molar-refractivity contribution in [3.05, 3.63) is 0 Å². The molecule has 1 amide bonds. The number of hydrogen-bond donors (Lipinski definition) is 1. The maximum atomic E-state index is 12.1. The van der Waals surface area contributed by atoms with E-state index in [2.05, 4.69) is 0 Å². The number of ether oxygens (including phenoxy) is 2. The summed E-state index contributed by atoms with van der Waals surface area (Å²) in [5, 5.41) is 8.53.